The first-order valence-corrected chi connectivity index (χ1v) is 9.08. The molecule has 4 rings (SSSR count). The van der Waals surface area contributed by atoms with Crippen molar-refractivity contribution in [3.8, 4) is 22.9 Å². The van der Waals surface area contributed by atoms with Gasteiger partial charge in [0.2, 0.25) is 11.7 Å². The Morgan fingerprint density at radius 1 is 1.07 bits per heavy atom. The minimum atomic E-state index is 0.273. The minimum Gasteiger partial charge on any atom is -0.497 e. The maximum atomic E-state index is 5.56. The van der Waals surface area contributed by atoms with Crippen LogP contribution in [0.15, 0.2) is 53.1 Å². The summed E-state index contributed by atoms with van der Waals surface area (Å²) in [6.45, 7) is 2.86. The molecule has 0 amide bonds. The second-order valence-corrected chi connectivity index (χ2v) is 6.76. The van der Waals surface area contributed by atoms with Crippen LogP contribution in [-0.4, -0.2) is 42.3 Å². The van der Waals surface area contributed by atoms with Gasteiger partial charge in [0.15, 0.2) is 0 Å². The summed E-state index contributed by atoms with van der Waals surface area (Å²) in [6.07, 6.45) is 1.02. The fourth-order valence-corrected chi connectivity index (χ4v) is 3.45. The van der Waals surface area contributed by atoms with E-state index in [1.165, 1.54) is 5.56 Å². The third-order valence-electron chi connectivity index (χ3n) is 4.96. The maximum Gasteiger partial charge on any atom is 0.231 e. The largest absolute Gasteiger partial charge is 0.497 e. The van der Waals surface area contributed by atoms with Crippen molar-refractivity contribution < 1.29 is 14.0 Å². The topological polar surface area (TPSA) is 60.6 Å². The molecule has 1 aromatic heterocycles. The molecule has 2 heterocycles. The zero-order valence-corrected chi connectivity index (χ0v) is 15.6. The molecular weight excluding hydrogens is 342 g/mol. The monoisotopic (exact) mass is 365 g/mol. The fourth-order valence-electron chi connectivity index (χ4n) is 3.45. The van der Waals surface area contributed by atoms with Gasteiger partial charge in [-0.05, 0) is 42.8 Å². The minimum absolute atomic E-state index is 0.273. The number of hydrogen-bond donors (Lipinski definition) is 0. The Labute approximate surface area is 158 Å². The van der Waals surface area contributed by atoms with E-state index in [0.29, 0.717) is 11.7 Å². The first-order valence-electron chi connectivity index (χ1n) is 9.08. The predicted octanol–water partition coefficient (Wildman–Crippen LogP) is 3.74. The predicted molar refractivity (Wildman–Crippen MR) is 102 cm³/mol. The Morgan fingerprint density at radius 2 is 1.89 bits per heavy atom. The van der Waals surface area contributed by atoms with Crippen LogP contribution in [0.3, 0.4) is 0 Å². The third kappa shape index (κ3) is 3.95. The van der Waals surface area contributed by atoms with Crippen LogP contribution in [-0.2, 0) is 6.54 Å². The Bertz CT molecular complexity index is 892. The molecule has 2 aromatic carbocycles. The summed E-state index contributed by atoms with van der Waals surface area (Å²) in [5.41, 5.74) is 2.18. The van der Waals surface area contributed by atoms with Crippen LogP contribution in [0.2, 0.25) is 0 Å². The van der Waals surface area contributed by atoms with Gasteiger partial charge in [-0.3, -0.25) is 4.90 Å². The van der Waals surface area contributed by atoms with Crippen molar-refractivity contribution in [1.82, 2.24) is 15.0 Å². The molecule has 0 bridgehead atoms. The highest BCUT2D eigenvalue weighted by Gasteiger charge is 2.28. The van der Waals surface area contributed by atoms with E-state index < -0.39 is 0 Å². The normalized spacial score (nSPS) is 17.2. The van der Waals surface area contributed by atoms with E-state index in [1.54, 1.807) is 14.2 Å². The van der Waals surface area contributed by atoms with Crippen LogP contribution in [0.25, 0.3) is 11.4 Å². The molecule has 1 fully saturated rings. The molecule has 140 valence electrons. The van der Waals surface area contributed by atoms with Gasteiger partial charge in [0.1, 0.15) is 11.5 Å². The molecule has 27 heavy (non-hydrogen) atoms. The van der Waals surface area contributed by atoms with Crippen LogP contribution in [0.4, 0.5) is 0 Å². The highest BCUT2D eigenvalue weighted by molar-refractivity contribution is 5.56. The summed E-state index contributed by atoms with van der Waals surface area (Å²) in [4.78, 5) is 7.04. The first kappa shape index (κ1) is 17.5. The molecule has 6 heteroatoms. The third-order valence-corrected chi connectivity index (χ3v) is 4.96. The van der Waals surface area contributed by atoms with Crippen molar-refractivity contribution in [2.24, 2.45) is 0 Å². The number of methoxy groups -OCH3 is 2. The standard InChI is InChI=1S/C21H23N3O3/c1-25-18-8-6-15(7-9-18)13-24-11-10-17(14-24)21-22-20(23-27-21)16-4-3-5-19(12-16)26-2/h3-9,12,17H,10-11,13-14H2,1-2H3. The number of likely N-dealkylation sites (tertiary alicyclic amines) is 1. The second-order valence-electron chi connectivity index (χ2n) is 6.76. The zero-order chi connectivity index (χ0) is 18.6. The number of aromatic nitrogens is 2. The van der Waals surface area contributed by atoms with Crippen molar-refractivity contribution >= 4 is 0 Å². The first-order chi connectivity index (χ1) is 13.2. The molecule has 1 unspecified atom stereocenters. The lowest BCUT2D eigenvalue weighted by atomic mass is 10.1. The van der Waals surface area contributed by atoms with Crippen molar-refractivity contribution in [1.29, 1.82) is 0 Å². The van der Waals surface area contributed by atoms with E-state index in [-0.39, 0.29) is 5.92 Å². The second kappa shape index (κ2) is 7.80. The van der Waals surface area contributed by atoms with Gasteiger partial charge in [-0.25, -0.2) is 0 Å². The van der Waals surface area contributed by atoms with Crippen LogP contribution in [0.1, 0.15) is 23.8 Å². The van der Waals surface area contributed by atoms with E-state index in [9.17, 15) is 0 Å². The zero-order valence-electron chi connectivity index (χ0n) is 15.6. The highest BCUT2D eigenvalue weighted by Crippen LogP contribution is 2.29. The summed E-state index contributed by atoms with van der Waals surface area (Å²) in [5, 5.41) is 4.16. The van der Waals surface area contributed by atoms with Gasteiger partial charge >= 0.3 is 0 Å². The Morgan fingerprint density at radius 3 is 2.67 bits per heavy atom. The average Bonchev–Trinajstić information content (AvgIpc) is 3.38. The number of benzene rings is 2. The smallest absolute Gasteiger partial charge is 0.231 e. The van der Waals surface area contributed by atoms with E-state index in [1.807, 2.05) is 36.4 Å². The molecule has 0 N–H and O–H groups in total. The molecule has 0 aliphatic carbocycles. The van der Waals surface area contributed by atoms with E-state index in [4.69, 9.17) is 14.0 Å². The Kier molecular flexibility index (Phi) is 5.07. The Hall–Kier alpha value is -2.86. The van der Waals surface area contributed by atoms with Crippen molar-refractivity contribution in [3.63, 3.8) is 0 Å². The van der Waals surface area contributed by atoms with Crippen LogP contribution in [0.5, 0.6) is 11.5 Å². The van der Waals surface area contributed by atoms with Crippen LogP contribution >= 0.6 is 0 Å². The van der Waals surface area contributed by atoms with Gasteiger partial charge in [0.25, 0.3) is 0 Å². The van der Waals surface area contributed by atoms with Crippen molar-refractivity contribution in [2.75, 3.05) is 27.3 Å². The van der Waals surface area contributed by atoms with Crippen molar-refractivity contribution in [3.05, 3.63) is 60.0 Å². The van der Waals surface area contributed by atoms with Crippen LogP contribution in [0, 0.1) is 0 Å². The van der Waals surface area contributed by atoms with Gasteiger partial charge in [0.05, 0.1) is 20.1 Å². The van der Waals surface area contributed by atoms with Gasteiger partial charge in [0, 0.05) is 18.7 Å². The van der Waals surface area contributed by atoms with E-state index in [2.05, 4.69) is 27.2 Å². The van der Waals surface area contributed by atoms with Gasteiger partial charge in [-0.15, -0.1) is 0 Å². The van der Waals surface area contributed by atoms with E-state index in [0.717, 1.165) is 43.1 Å². The van der Waals surface area contributed by atoms with Crippen LogP contribution < -0.4 is 9.47 Å². The molecule has 1 aliphatic heterocycles. The molecule has 1 saturated heterocycles. The van der Waals surface area contributed by atoms with Gasteiger partial charge < -0.3 is 14.0 Å². The molecule has 6 nitrogen and oxygen atoms in total. The Balaban J connectivity index is 1.40. The molecule has 1 aliphatic rings. The number of rotatable bonds is 6. The molecule has 3 aromatic rings. The summed E-state index contributed by atoms with van der Waals surface area (Å²) < 4.78 is 16.0. The fraction of sp³-hybridized carbons (Fsp3) is 0.333. The molecule has 0 saturated carbocycles. The average molecular weight is 365 g/mol. The van der Waals surface area contributed by atoms with Gasteiger partial charge in [-0.1, -0.05) is 29.4 Å². The lowest BCUT2D eigenvalue weighted by Gasteiger charge is -2.15. The SMILES string of the molecule is COc1ccc(CN2CCC(c3nc(-c4cccc(OC)c4)no3)C2)cc1. The van der Waals surface area contributed by atoms with Gasteiger partial charge in [-0.2, -0.15) is 4.98 Å². The lowest BCUT2D eigenvalue weighted by molar-refractivity contribution is 0.309. The number of hydrogen-bond acceptors (Lipinski definition) is 6. The summed E-state index contributed by atoms with van der Waals surface area (Å²) in [5.74, 6) is 3.26. The molecule has 0 radical (unpaired) electrons. The summed E-state index contributed by atoms with van der Waals surface area (Å²) in [7, 11) is 3.33. The number of ether oxygens (including phenoxy) is 2. The quantitative estimate of drug-likeness (QED) is 0.663. The maximum absolute atomic E-state index is 5.56. The van der Waals surface area contributed by atoms with E-state index >= 15 is 0 Å². The summed E-state index contributed by atoms with van der Waals surface area (Å²) >= 11 is 0. The molecule has 0 spiro atoms. The lowest BCUT2D eigenvalue weighted by Crippen LogP contribution is -2.19. The number of nitrogens with zero attached hydrogens (tertiary/aromatic N) is 3. The summed E-state index contributed by atoms with van der Waals surface area (Å²) in [6, 6.07) is 15.9. The molecule has 1 atom stereocenters. The van der Waals surface area contributed by atoms with Crippen molar-refractivity contribution in [2.45, 2.75) is 18.9 Å². The molecular formula is C21H23N3O3. The highest BCUT2D eigenvalue weighted by atomic mass is 16.5.